The summed E-state index contributed by atoms with van der Waals surface area (Å²) in [7, 11) is 0. The number of nitrogens with zero attached hydrogens (tertiary/aromatic N) is 2. The van der Waals surface area contributed by atoms with Crippen LogP contribution >= 0.6 is 0 Å². The molecular formula is C21H18N4O5. The van der Waals surface area contributed by atoms with Gasteiger partial charge in [0.15, 0.2) is 6.61 Å². The summed E-state index contributed by atoms with van der Waals surface area (Å²) >= 11 is 0. The average Bonchev–Trinajstić information content (AvgIpc) is 2.97. The molecule has 1 aliphatic heterocycles. The van der Waals surface area contributed by atoms with E-state index in [-0.39, 0.29) is 11.3 Å². The van der Waals surface area contributed by atoms with Gasteiger partial charge in [-0.15, -0.1) is 0 Å². The van der Waals surface area contributed by atoms with Crippen molar-refractivity contribution < 1.29 is 23.9 Å². The van der Waals surface area contributed by atoms with E-state index in [4.69, 9.17) is 10.00 Å². The van der Waals surface area contributed by atoms with Crippen molar-refractivity contribution in [1.82, 2.24) is 10.2 Å². The third-order valence-electron chi connectivity index (χ3n) is 4.60. The fourth-order valence-electron chi connectivity index (χ4n) is 3.00. The van der Waals surface area contributed by atoms with Crippen LogP contribution in [0.4, 0.5) is 10.5 Å². The molecule has 0 unspecified atom stereocenters. The lowest BCUT2D eigenvalue weighted by Gasteiger charge is -2.21. The zero-order valence-electron chi connectivity index (χ0n) is 16.0. The summed E-state index contributed by atoms with van der Waals surface area (Å²) in [6, 6.07) is 16.2. The first kappa shape index (κ1) is 20.5. The number of imide groups is 1. The number of carbonyl (C=O) groups is 4. The van der Waals surface area contributed by atoms with Crippen molar-refractivity contribution >= 4 is 29.5 Å². The zero-order valence-corrected chi connectivity index (χ0v) is 16.0. The second kappa shape index (κ2) is 8.45. The van der Waals surface area contributed by atoms with Gasteiger partial charge >= 0.3 is 12.0 Å². The Morgan fingerprint density at radius 2 is 1.80 bits per heavy atom. The fraction of sp³-hybridized carbons (Fsp3) is 0.190. The van der Waals surface area contributed by atoms with Gasteiger partial charge in [0.25, 0.3) is 11.8 Å². The molecule has 1 saturated heterocycles. The predicted molar refractivity (Wildman–Crippen MR) is 105 cm³/mol. The monoisotopic (exact) mass is 406 g/mol. The molecule has 2 N–H and O–H groups in total. The van der Waals surface area contributed by atoms with Crippen molar-refractivity contribution in [3.8, 4) is 6.07 Å². The number of urea groups is 1. The molecule has 4 amide bonds. The van der Waals surface area contributed by atoms with Crippen LogP contribution in [0.15, 0.2) is 54.6 Å². The molecule has 152 valence electrons. The third-order valence-corrected chi connectivity index (χ3v) is 4.60. The van der Waals surface area contributed by atoms with Crippen LogP contribution < -0.4 is 10.6 Å². The minimum absolute atomic E-state index is 0.261. The van der Waals surface area contributed by atoms with Gasteiger partial charge < -0.3 is 15.4 Å². The Kier molecular flexibility index (Phi) is 5.78. The van der Waals surface area contributed by atoms with E-state index in [0.29, 0.717) is 5.56 Å². The molecule has 0 spiro atoms. The van der Waals surface area contributed by atoms with Crippen LogP contribution in [0.5, 0.6) is 0 Å². The number of esters is 1. The van der Waals surface area contributed by atoms with E-state index >= 15 is 0 Å². The second-order valence-electron chi connectivity index (χ2n) is 6.68. The second-order valence-corrected chi connectivity index (χ2v) is 6.68. The normalized spacial score (nSPS) is 17.8. The molecule has 0 saturated carbocycles. The van der Waals surface area contributed by atoms with Gasteiger partial charge in [-0.2, -0.15) is 5.26 Å². The summed E-state index contributed by atoms with van der Waals surface area (Å²) in [6.07, 6.45) is 0. The number of nitrogens with one attached hydrogen (secondary N) is 2. The first-order chi connectivity index (χ1) is 14.3. The SMILES string of the molecule is C[C@@]1(c2ccccc2)NC(=O)N(CC(=O)OCC(=O)Nc2ccccc2C#N)C1=O. The highest BCUT2D eigenvalue weighted by Gasteiger charge is 2.49. The standard InChI is InChI=1S/C21H18N4O5/c1-21(15-8-3-2-4-9-15)19(28)25(20(29)24-21)12-18(27)30-13-17(26)23-16-10-6-5-7-14(16)11-22/h2-10H,12-13H2,1H3,(H,23,26)(H,24,29)/t21-/m0/s1. The van der Waals surface area contributed by atoms with E-state index in [2.05, 4.69) is 10.6 Å². The number of para-hydroxylation sites is 1. The summed E-state index contributed by atoms with van der Waals surface area (Å²) < 4.78 is 4.87. The lowest BCUT2D eigenvalue weighted by molar-refractivity contribution is -0.150. The summed E-state index contributed by atoms with van der Waals surface area (Å²) in [4.78, 5) is 49.8. The van der Waals surface area contributed by atoms with Crippen LogP contribution in [0.2, 0.25) is 0 Å². The number of amides is 4. The van der Waals surface area contributed by atoms with Crippen LogP contribution in [-0.2, 0) is 24.7 Å². The van der Waals surface area contributed by atoms with E-state index in [1.807, 2.05) is 6.07 Å². The lowest BCUT2D eigenvalue weighted by Crippen LogP contribution is -2.41. The van der Waals surface area contributed by atoms with E-state index < -0.39 is 42.5 Å². The fourth-order valence-corrected chi connectivity index (χ4v) is 3.00. The number of hydrogen-bond donors (Lipinski definition) is 2. The third kappa shape index (κ3) is 4.12. The van der Waals surface area contributed by atoms with Crippen LogP contribution in [0.25, 0.3) is 0 Å². The number of hydrogen-bond acceptors (Lipinski definition) is 6. The molecule has 9 nitrogen and oxygen atoms in total. The highest BCUT2D eigenvalue weighted by Crippen LogP contribution is 2.28. The summed E-state index contributed by atoms with van der Waals surface area (Å²) in [5.41, 5.74) is -0.169. The molecule has 0 aromatic heterocycles. The van der Waals surface area contributed by atoms with Gasteiger partial charge in [0, 0.05) is 0 Å². The smallest absolute Gasteiger partial charge is 0.326 e. The number of ether oxygens (including phenoxy) is 1. The minimum Gasteiger partial charge on any atom is -0.454 e. The van der Waals surface area contributed by atoms with Gasteiger partial charge in [-0.3, -0.25) is 19.3 Å². The molecular weight excluding hydrogens is 388 g/mol. The van der Waals surface area contributed by atoms with Crippen LogP contribution in [0.1, 0.15) is 18.1 Å². The Morgan fingerprint density at radius 1 is 1.13 bits per heavy atom. The van der Waals surface area contributed by atoms with Gasteiger partial charge in [-0.1, -0.05) is 42.5 Å². The first-order valence-electron chi connectivity index (χ1n) is 8.99. The Balaban J connectivity index is 1.57. The number of anilines is 1. The number of nitriles is 1. The van der Waals surface area contributed by atoms with Gasteiger partial charge in [0.05, 0.1) is 11.3 Å². The number of rotatable bonds is 6. The summed E-state index contributed by atoms with van der Waals surface area (Å²) in [5.74, 6) is -2.17. The number of benzene rings is 2. The Hall–Kier alpha value is -4.19. The Bertz CT molecular complexity index is 1050. The van der Waals surface area contributed by atoms with Crippen LogP contribution in [0, 0.1) is 11.3 Å². The molecule has 1 aliphatic rings. The highest BCUT2D eigenvalue weighted by molar-refractivity contribution is 6.09. The quantitative estimate of drug-likeness (QED) is 0.553. The van der Waals surface area contributed by atoms with Crippen LogP contribution in [-0.4, -0.2) is 41.9 Å². The molecule has 0 bridgehead atoms. The minimum atomic E-state index is -1.29. The van der Waals surface area contributed by atoms with E-state index in [9.17, 15) is 19.2 Å². The largest absolute Gasteiger partial charge is 0.454 e. The maximum absolute atomic E-state index is 12.7. The van der Waals surface area contributed by atoms with Crippen molar-refractivity contribution in [2.24, 2.45) is 0 Å². The molecule has 2 aromatic rings. The summed E-state index contributed by atoms with van der Waals surface area (Å²) in [6.45, 7) is 0.293. The molecule has 0 aliphatic carbocycles. The molecule has 1 heterocycles. The van der Waals surface area contributed by atoms with Crippen molar-refractivity contribution in [2.45, 2.75) is 12.5 Å². The average molecular weight is 406 g/mol. The van der Waals surface area contributed by atoms with Crippen molar-refractivity contribution in [3.05, 3.63) is 65.7 Å². The zero-order chi connectivity index (χ0) is 21.7. The predicted octanol–water partition coefficient (Wildman–Crippen LogP) is 1.51. The van der Waals surface area contributed by atoms with Crippen molar-refractivity contribution in [2.75, 3.05) is 18.5 Å². The first-order valence-corrected chi connectivity index (χ1v) is 8.99. The van der Waals surface area contributed by atoms with Crippen LogP contribution in [0.3, 0.4) is 0 Å². The van der Waals surface area contributed by atoms with Gasteiger partial charge in [0.1, 0.15) is 18.2 Å². The molecule has 0 radical (unpaired) electrons. The highest BCUT2D eigenvalue weighted by atomic mass is 16.5. The summed E-state index contributed by atoms with van der Waals surface area (Å²) in [5, 5.41) is 14.1. The molecule has 2 aromatic carbocycles. The van der Waals surface area contributed by atoms with Gasteiger partial charge in [-0.05, 0) is 24.6 Å². The Morgan fingerprint density at radius 3 is 2.50 bits per heavy atom. The topological polar surface area (TPSA) is 129 Å². The van der Waals surface area contributed by atoms with E-state index in [1.165, 1.54) is 12.1 Å². The maximum Gasteiger partial charge on any atom is 0.326 e. The molecule has 9 heteroatoms. The maximum atomic E-state index is 12.7. The lowest BCUT2D eigenvalue weighted by atomic mass is 9.92. The molecule has 1 atom stereocenters. The van der Waals surface area contributed by atoms with Crippen molar-refractivity contribution in [3.63, 3.8) is 0 Å². The van der Waals surface area contributed by atoms with Crippen molar-refractivity contribution in [1.29, 1.82) is 5.26 Å². The van der Waals surface area contributed by atoms with E-state index in [1.54, 1.807) is 49.4 Å². The van der Waals surface area contributed by atoms with E-state index in [0.717, 1.165) is 4.90 Å². The molecule has 30 heavy (non-hydrogen) atoms. The Labute approximate surface area is 172 Å². The number of carbonyl (C=O) groups excluding carboxylic acids is 4. The van der Waals surface area contributed by atoms with Gasteiger partial charge in [-0.25, -0.2) is 4.79 Å². The molecule has 1 fully saturated rings. The van der Waals surface area contributed by atoms with Gasteiger partial charge in [0.2, 0.25) is 0 Å². The molecule has 3 rings (SSSR count).